The normalized spacial score (nSPS) is 13.9. The molecular formula is C15H22O3. The van der Waals surface area contributed by atoms with Crippen LogP contribution in [0, 0.1) is 0 Å². The van der Waals surface area contributed by atoms with Crippen molar-refractivity contribution in [3.63, 3.8) is 0 Å². The highest BCUT2D eigenvalue weighted by atomic mass is 16.6. The van der Waals surface area contributed by atoms with Crippen LogP contribution in [0.5, 0.6) is 0 Å². The van der Waals surface area contributed by atoms with Crippen LogP contribution < -0.4 is 0 Å². The standard InChI is InChI=1S/C15H22O3/c1-4-12-18-15(5-2,14(16)17-6-3)13-10-8-7-9-11-13/h7-11H,4-6,12H2,1-3H3/t15-/m0/s1. The summed E-state index contributed by atoms with van der Waals surface area (Å²) >= 11 is 0. The summed E-state index contributed by atoms with van der Waals surface area (Å²) in [4.78, 5) is 12.3. The Hall–Kier alpha value is -1.35. The Bertz CT molecular complexity index is 361. The van der Waals surface area contributed by atoms with Crippen LogP contribution in [-0.4, -0.2) is 19.2 Å². The zero-order valence-corrected chi connectivity index (χ0v) is 11.4. The van der Waals surface area contributed by atoms with E-state index in [0.29, 0.717) is 19.6 Å². The minimum absolute atomic E-state index is 0.299. The van der Waals surface area contributed by atoms with Crippen molar-refractivity contribution in [3.05, 3.63) is 35.9 Å². The van der Waals surface area contributed by atoms with Crippen molar-refractivity contribution in [1.29, 1.82) is 0 Å². The van der Waals surface area contributed by atoms with Gasteiger partial charge in [-0.1, -0.05) is 44.2 Å². The summed E-state index contributed by atoms with van der Waals surface area (Å²) in [5.74, 6) is -0.299. The van der Waals surface area contributed by atoms with Crippen molar-refractivity contribution in [2.45, 2.75) is 39.2 Å². The second-order valence-corrected chi connectivity index (χ2v) is 4.12. The maximum Gasteiger partial charge on any atom is 0.343 e. The van der Waals surface area contributed by atoms with Crippen molar-refractivity contribution in [1.82, 2.24) is 0 Å². The molecule has 1 rings (SSSR count). The largest absolute Gasteiger partial charge is 0.464 e. The zero-order chi connectivity index (χ0) is 13.4. The van der Waals surface area contributed by atoms with Gasteiger partial charge >= 0.3 is 5.97 Å². The molecule has 0 aliphatic carbocycles. The van der Waals surface area contributed by atoms with Gasteiger partial charge in [0.05, 0.1) is 6.61 Å². The molecule has 0 unspecified atom stereocenters. The molecule has 0 aromatic heterocycles. The summed E-state index contributed by atoms with van der Waals surface area (Å²) in [6, 6.07) is 9.57. The molecule has 100 valence electrons. The first-order valence-electron chi connectivity index (χ1n) is 6.58. The lowest BCUT2D eigenvalue weighted by atomic mass is 9.90. The minimum atomic E-state index is -0.965. The third kappa shape index (κ3) is 3.10. The maximum atomic E-state index is 12.3. The first-order chi connectivity index (χ1) is 8.71. The first kappa shape index (κ1) is 14.7. The van der Waals surface area contributed by atoms with Gasteiger partial charge in [0.25, 0.3) is 0 Å². The average Bonchev–Trinajstić information content (AvgIpc) is 2.42. The summed E-state index contributed by atoms with van der Waals surface area (Å²) < 4.78 is 11.0. The highest BCUT2D eigenvalue weighted by molar-refractivity contribution is 5.81. The van der Waals surface area contributed by atoms with Gasteiger partial charge in [-0.25, -0.2) is 4.79 Å². The summed E-state index contributed by atoms with van der Waals surface area (Å²) in [5, 5.41) is 0. The van der Waals surface area contributed by atoms with Crippen LogP contribution in [0.1, 0.15) is 39.2 Å². The summed E-state index contributed by atoms with van der Waals surface area (Å²) in [7, 11) is 0. The molecule has 1 atom stereocenters. The highest BCUT2D eigenvalue weighted by Crippen LogP contribution is 2.31. The predicted molar refractivity (Wildman–Crippen MR) is 71.3 cm³/mol. The van der Waals surface area contributed by atoms with E-state index in [2.05, 4.69) is 0 Å². The molecule has 0 aliphatic rings. The fourth-order valence-corrected chi connectivity index (χ4v) is 1.94. The quantitative estimate of drug-likeness (QED) is 0.697. The predicted octanol–water partition coefficient (Wildman–Crippen LogP) is 3.28. The maximum absolute atomic E-state index is 12.3. The Kier molecular flexibility index (Phi) is 5.86. The number of esters is 1. The third-order valence-electron chi connectivity index (χ3n) is 2.90. The van der Waals surface area contributed by atoms with Gasteiger partial charge in [0.2, 0.25) is 0 Å². The second kappa shape index (κ2) is 7.17. The molecule has 3 heteroatoms. The van der Waals surface area contributed by atoms with Crippen LogP contribution in [-0.2, 0) is 19.9 Å². The average molecular weight is 250 g/mol. The molecular weight excluding hydrogens is 228 g/mol. The van der Waals surface area contributed by atoms with E-state index in [0.717, 1.165) is 12.0 Å². The highest BCUT2D eigenvalue weighted by Gasteiger charge is 2.41. The molecule has 0 radical (unpaired) electrons. The summed E-state index contributed by atoms with van der Waals surface area (Å²) in [5.41, 5.74) is -0.104. The van der Waals surface area contributed by atoms with Crippen molar-refractivity contribution in [2.24, 2.45) is 0 Å². The van der Waals surface area contributed by atoms with Gasteiger partial charge in [-0.15, -0.1) is 0 Å². The van der Waals surface area contributed by atoms with E-state index in [1.54, 1.807) is 0 Å². The van der Waals surface area contributed by atoms with Crippen LogP contribution in [0.4, 0.5) is 0 Å². The van der Waals surface area contributed by atoms with Gasteiger partial charge < -0.3 is 9.47 Å². The molecule has 0 aliphatic heterocycles. The van der Waals surface area contributed by atoms with Gasteiger partial charge in [0.15, 0.2) is 5.60 Å². The number of hydrogen-bond acceptors (Lipinski definition) is 3. The Morgan fingerprint density at radius 1 is 1.17 bits per heavy atom. The lowest BCUT2D eigenvalue weighted by molar-refractivity contribution is -0.175. The molecule has 1 aromatic carbocycles. The Labute approximate surface area is 109 Å². The number of rotatable bonds is 7. The monoisotopic (exact) mass is 250 g/mol. The first-order valence-corrected chi connectivity index (χ1v) is 6.58. The van der Waals surface area contributed by atoms with Gasteiger partial charge in [0, 0.05) is 6.61 Å². The van der Waals surface area contributed by atoms with Crippen LogP contribution in [0.15, 0.2) is 30.3 Å². The molecule has 1 aromatic rings. The number of ether oxygens (including phenoxy) is 2. The Morgan fingerprint density at radius 2 is 1.83 bits per heavy atom. The van der Waals surface area contributed by atoms with Crippen molar-refractivity contribution >= 4 is 5.97 Å². The van der Waals surface area contributed by atoms with Gasteiger partial charge in [-0.05, 0) is 25.3 Å². The van der Waals surface area contributed by atoms with Crippen LogP contribution in [0.2, 0.25) is 0 Å². The molecule has 0 fully saturated rings. The van der Waals surface area contributed by atoms with Crippen LogP contribution in [0.25, 0.3) is 0 Å². The Balaban J connectivity index is 3.09. The van der Waals surface area contributed by atoms with E-state index in [1.165, 1.54) is 0 Å². The lowest BCUT2D eigenvalue weighted by Gasteiger charge is -2.30. The Morgan fingerprint density at radius 3 is 2.33 bits per heavy atom. The fraction of sp³-hybridized carbons (Fsp3) is 0.533. The molecule has 0 bridgehead atoms. The smallest absolute Gasteiger partial charge is 0.343 e. The van der Waals surface area contributed by atoms with E-state index < -0.39 is 5.60 Å². The molecule has 0 saturated carbocycles. The number of carbonyl (C=O) groups excluding carboxylic acids is 1. The molecule has 18 heavy (non-hydrogen) atoms. The number of benzene rings is 1. The SMILES string of the molecule is CCCO[C@](CC)(C(=O)OCC)c1ccccc1. The van der Waals surface area contributed by atoms with E-state index in [-0.39, 0.29) is 5.97 Å². The number of carbonyl (C=O) groups is 1. The van der Waals surface area contributed by atoms with Gasteiger partial charge in [-0.3, -0.25) is 0 Å². The van der Waals surface area contributed by atoms with Crippen molar-refractivity contribution in [2.75, 3.05) is 13.2 Å². The van der Waals surface area contributed by atoms with E-state index in [1.807, 2.05) is 51.1 Å². The van der Waals surface area contributed by atoms with Crippen molar-refractivity contribution < 1.29 is 14.3 Å². The van der Waals surface area contributed by atoms with Gasteiger partial charge in [0.1, 0.15) is 0 Å². The van der Waals surface area contributed by atoms with Gasteiger partial charge in [-0.2, -0.15) is 0 Å². The zero-order valence-electron chi connectivity index (χ0n) is 11.4. The van der Waals surface area contributed by atoms with E-state index in [9.17, 15) is 4.79 Å². The molecule has 0 amide bonds. The fourth-order valence-electron chi connectivity index (χ4n) is 1.94. The molecule has 0 heterocycles. The minimum Gasteiger partial charge on any atom is -0.464 e. The second-order valence-electron chi connectivity index (χ2n) is 4.12. The topological polar surface area (TPSA) is 35.5 Å². The molecule has 0 saturated heterocycles. The van der Waals surface area contributed by atoms with Crippen molar-refractivity contribution in [3.8, 4) is 0 Å². The van der Waals surface area contributed by atoms with Crippen LogP contribution >= 0.6 is 0 Å². The summed E-state index contributed by atoms with van der Waals surface area (Å²) in [6.45, 7) is 6.68. The molecule has 3 nitrogen and oxygen atoms in total. The lowest BCUT2D eigenvalue weighted by Crippen LogP contribution is -2.40. The third-order valence-corrected chi connectivity index (χ3v) is 2.90. The van der Waals surface area contributed by atoms with Crippen LogP contribution in [0.3, 0.4) is 0 Å². The summed E-state index contributed by atoms with van der Waals surface area (Å²) in [6.07, 6.45) is 1.43. The number of hydrogen-bond donors (Lipinski definition) is 0. The molecule has 0 spiro atoms. The molecule has 0 N–H and O–H groups in total. The van der Waals surface area contributed by atoms with E-state index >= 15 is 0 Å². The van der Waals surface area contributed by atoms with E-state index in [4.69, 9.17) is 9.47 Å².